The average molecular weight is 500 g/mol. The molecular formula is C20H29N5O6S2. The van der Waals surface area contributed by atoms with Crippen molar-refractivity contribution in [2.75, 3.05) is 41.1 Å². The Morgan fingerprint density at radius 1 is 1.00 bits per heavy atom. The summed E-state index contributed by atoms with van der Waals surface area (Å²) in [4.78, 5) is 47.8. The summed E-state index contributed by atoms with van der Waals surface area (Å²) in [7, 11) is 7.16. The van der Waals surface area contributed by atoms with E-state index >= 15 is 0 Å². The second-order valence-electron chi connectivity index (χ2n) is 6.55. The Kier molecular flexibility index (Phi) is 12.1. The van der Waals surface area contributed by atoms with Crippen molar-refractivity contribution in [2.24, 2.45) is 10.3 Å². The van der Waals surface area contributed by atoms with Gasteiger partial charge in [0, 0.05) is 39.5 Å². The number of hydrogen-bond acceptors (Lipinski definition) is 10. The third-order valence-electron chi connectivity index (χ3n) is 3.79. The number of nitrogens with zero attached hydrogens (tertiary/aromatic N) is 5. The predicted octanol–water partition coefficient (Wildman–Crippen LogP) is 3.47. The first kappa shape index (κ1) is 28.1. The molecule has 0 unspecified atom stereocenters. The molecule has 11 nitrogen and oxygen atoms in total. The summed E-state index contributed by atoms with van der Waals surface area (Å²) in [5, 5.41) is 7.26. The van der Waals surface area contributed by atoms with Crippen molar-refractivity contribution in [1.82, 2.24) is 13.5 Å². The van der Waals surface area contributed by atoms with Gasteiger partial charge in [-0.15, -0.1) is 0 Å². The maximum atomic E-state index is 12.5. The van der Waals surface area contributed by atoms with E-state index in [4.69, 9.17) is 9.57 Å². The van der Waals surface area contributed by atoms with Crippen LogP contribution in [-0.4, -0.2) is 84.1 Å². The number of carbonyl (C=O) groups is 3. The first-order valence-corrected chi connectivity index (χ1v) is 11.6. The molecule has 0 bridgehead atoms. The zero-order valence-corrected chi connectivity index (χ0v) is 21.4. The summed E-state index contributed by atoms with van der Waals surface area (Å²) in [6, 6.07) is 7.25. The summed E-state index contributed by atoms with van der Waals surface area (Å²) in [5.74, 6) is 1.56. The molecule has 1 aromatic rings. The highest BCUT2D eigenvalue weighted by molar-refractivity contribution is 7.98. The van der Waals surface area contributed by atoms with E-state index in [1.807, 2.05) is 19.1 Å². The van der Waals surface area contributed by atoms with Crippen molar-refractivity contribution in [3.05, 3.63) is 29.8 Å². The number of hydrogen-bond donors (Lipinski definition) is 0. The molecule has 0 heterocycles. The molecule has 0 aromatic heterocycles. The molecule has 0 aliphatic carbocycles. The number of oxime groups is 2. The Balaban J connectivity index is 2.79. The number of rotatable bonds is 10. The van der Waals surface area contributed by atoms with Gasteiger partial charge >= 0.3 is 12.2 Å². The molecule has 182 valence electrons. The van der Waals surface area contributed by atoms with Crippen LogP contribution < -0.4 is 4.74 Å². The highest BCUT2D eigenvalue weighted by Crippen LogP contribution is 2.24. The molecule has 1 rings (SSSR count). The molecular weight excluding hydrogens is 470 g/mol. The van der Waals surface area contributed by atoms with Crippen molar-refractivity contribution in [3.8, 4) is 5.75 Å². The minimum absolute atomic E-state index is 0.125. The van der Waals surface area contributed by atoms with Gasteiger partial charge in [0.2, 0.25) is 0 Å². The average Bonchev–Trinajstić information content (AvgIpc) is 2.78. The van der Waals surface area contributed by atoms with Crippen LogP contribution in [0.1, 0.15) is 19.4 Å². The summed E-state index contributed by atoms with van der Waals surface area (Å²) in [5.41, 5.74) is 0.812. The largest absolute Gasteiger partial charge is 0.447 e. The van der Waals surface area contributed by atoms with E-state index in [-0.39, 0.29) is 11.4 Å². The lowest BCUT2D eigenvalue weighted by molar-refractivity contribution is -0.121. The molecule has 0 aliphatic heterocycles. The zero-order chi connectivity index (χ0) is 25.0. The van der Waals surface area contributed by atoms with Crippen LogP contribution in [0.4, 0.5) is 9.59 Å². The molecule has 13 heteroatoms. The highest BCUT2D eigenvalue weighted by atomic mass is 32.2. The van der Waals surface area contributed by atoms with Gasteiger partial charge in [-0.3, -0.25) is 9.63 Å². The first-order valence-electron chi connectivity index (χ1n) is 9.74. The highest BCUT2D eigenvalue weighted by Gasteiger charge is 2.23. The van der Waals surface area contributed by atoms with E-state index < -0.39 is 18.1 Å². The van der Waals surface area contributed by atoms with Gasteiger partial charge in [0.05, 0.1) is 12.1 Å². The maximum absolute atomic E-state index is 12.5. The summed E-state index contributed by atoms with van der Waals surface area (Å²) in [6.07, 6.45) is -1.60. The smallest absolute Gasteiger partial charge is 0.409 e. The van der Waals surface area contributed by atoms with E-state index in [1.54, 1.807) is 23.9 Å². The standard InChI is InChI=1S/C20H29N5O6S2/c1-8-32-13-15-11-9-10-12-16(15)30-19(27)24(5)33-25(6)20(28)31-22-17(14(2)21-29-7)18(26)23(3)4/h9-12H,8,13H2,1-7H3. The van der Waals surface area contributed by atoms with Crippen LogP contribution in [0.15, 0.2) is 34.6 Å². The lowest BCUT2D eigenvalue weighted by atomic mass is 10.2. The third-order valence-corrected chi connectivity index (χ3v) is 5.50. The van der Waals surface area contributed by atoms with Crippen molar-refractivity contribution >= 4 is 53.4 Å². The molecule has 0 saturated carbocycles. The topological polar surface area (TPSA) is 113 Å². The van der Waals surface area contributed by atoms with Crippen LogP contribution in [0.5, 0.6) is 5.75 Å². The molecule has 0 atom stereocenters. The summed E-state index contributed by atoms with van der Waals surface area (Å²) < 4.78 is 7.61. The van der Waals surface area contributed by atoms with Crippen molar-refractivity contribution < 1.29 is 28.8 Å². The van der Waals surface area contributed by atoms with E-state index in [0.717, 1.165) is 32.1 Å². The molecule has 0 fully saturated rings. The maximum Gasteiger partial charge on any atom is 0.447 e. The molecule has 0 aliphatic rings. The summed E-state index contributed by atoms with van der Waals surface area (Å²) >= 11 is 2.44. The fourth-order valence-corrected chi connectivity index (χ4v) is 3.37. The van der Waals surface area contributed by atoms with Crippen LogP contribution in [0, 0.1) is 0 Å². The van der Waals surface area contributed by atoms with Gasteiger partial charge in [0.25, 0.3) is 5.91 Å². The molecule has 0 saturated heterocycles. The van der Waals surface area contributed by atoms with Gasteiger partial charge in [-0.05, 0) is 18.7 Å². The van der Waals surface area contributed by atoms with Gasteiger partial charge in [0.15, 0.2) is 5.71 Å². The minimum Gasteiger partial charge on any atom is -0.409 e. The number of benzene rings is 1. The van der Waals surface area contributed by atoms with Gasteiger partial charge in [-0.25, -0.2) is 18.2 Å². The number of ether oxygens (including phenoxy) is 1. The van der Waals surface area contributed by atoms with Crippen LogP contribution >= 0.6 is 23.9 Å². The Bertz CT molecular complexity index is 893. The van der Waals surface area contributed by atoms with Gasteiger partial charge < -0.3 is 14.5 Å². The Morgan fingerprint density at radius 2 is 1.64 bits per heavy atom. The van der Waals surface area contributed by atoms with Crippen molar-refractivity contribution in [2.45, 2.75) is 19.6 Å². The molecule has 0 N–H and O–H groups in total. The minimum atomic E-state index is -0.923. The van der Waals surface area contributed by atoms with Crippen molar-refractivity contribution in [1.29, 1.82) is 0 Å². The number of carbonyl (C=O) groups excluding carboxylic acids is 3. The molecule has 0 spiro atoms. The number of amides is 3. The quantitative estimate of drug-likeness (QED) is 0.208. The lowest BCUT2D eigenvalue weighted by Crippen LogP contribution is -2.35. The first-order chi connectivity index (χ1) is 15.6. The number of thioether (sulfide) groups is 1. The SMILES string of the molecule is CCSCc1ccccc1OC(=O)N(C)SN(C)C(=O)ON=C(C(=O)N(C)C)C(C)=NOC. The second-order valence-corrected chi connectivity index (χ2v) is 9.08. The van der Waals surface area contributed by atoms with E-state index in [9.17, 15) is 14.4 Å². The Hall–Kier alpha value is -2.93. The Morgan fingerprint density at radius 3 is 2.24 bits per heavy atom. The van der Waals surface area contributed by atoms with Crippen LogP contribution in [0.3, 0.4) is 0 Å². The van der Waals surface area contributed by atoms with Crippen molar-refractivity contribution in [3.63, 3.8) is 0 Å². The van der Waals surface area contributed by atoms with Gasteiger partial charge in [-0.1, -0.05) is 35.4 Å². The number of para-hydroxylation sites is 1. The second kappa shape index (κ2) is 14.3. The lowest BCUT2D eigenvalue weighted by Gasteiger charge is -2.21. The fraction of sp³-hybridized carbons (Fsp3) is 0.450. The van der Waals surface area contributed by atoms with Crippen LogP contribution in [0.2, 0.25) is 0 Å². The predicted molar refractivity (Wildman–Crippen MR) is 130 cm³/mol. The summed E-state index contributed by atoms with van der Waals surface area (Å²) in [6.45, 7) is 3.53. The molecule has 3 amide bonds. The fourth-order valence-electron chi connectivity index (χ4n) is 2.14. The molecule has 1 aromatic carbocycles. The Labute approximate surface area is 202 Å². The molecule has 33 heavy (non-hydrogen) atoms. The van der Waals surface area contributed by atoms with Crippen LogP contribution in [-0.2, 0) is 20.2 Å². The van der Waals surface area contributed by atoms with E-state index in [0.29, 0.717) is 11.5 Å². The van der Waals surface area contributed by atoms with Gasteiger partial charge in [0.1, 0.15) is 18.6 Å². The van der Waals surface area contributed by atoms with Crippen LogP contribution in [0.25, 0.3) is 0 Å². The third kappa shape index (κ3) is 9.22. The zero-order valence-electron chi connectivity index (χ0n) is 19.7. The van der Waals surface area contributed by atoms with E-state index in [1.165, 1.54) is 47.1 Å². The monoisotopic (exact) mass is 499 g/mol. The molecule has 0 radical (unpaired) electrons. The normalized spacial score (nSPS) is 11.5. The van der Waals surface area contributed by atoms with Gasteiger partial charge in [-0.2, -0.15) is 11.8 Å². The van der Waals surface area contributed by atoms with E-state index in [2.05, 4.69) is 15.1 Å².